The van der Waals surface area contributed by atoms with E-state index >= 15 is 0 Å². The van der Waals surface area contributed by atoms with E-state index in [1.54, 1.807) is 40.9 Å². The van der Waals surface area contributed by atoms with E-state index in [-0.39, 0.29) is 5.91 Å². The summed E-state index contributed by atoms with van der Waals surface area (Å²) in [6, 6.07) is 20.9. The van der Waals surface area contributed by atoms with Crippen molar-refractivity contribution in [1.82, 2.24) is 10.3 Å². The van der Waals surface area contributed by atoms with E-state index in [2.05, 4.69) is 11.4 Å². The van der Waals surface area contributed by atoms with Crippen molar-refractivity contribution in [2.75, 3.05) is 12.0 Å². The maximum absolute atomic E-state index is 13.2. The molecule has 1 atom stereocenters. The average molecular weight is 523 g/mol. The van der Waals surface area contributed by atoms with Gasteiger partial charge in [-0.2, -0.15) is 11.8 Å². The van der Waals surface area contributed by atoms with Crippen molar-refractivity contribution in [3.8, 4) is 11.1 Å². The maximum Gasteiger partial charge on any atom is 0.326 e. The van der Waals surface area contributed by atoms with Crippen LogP contribution in [0.25, 0.3) is 21.3 Å². The minimum atomic E-state index is -1.02. The lowest BCUT2D eigenvalue weighted by Gasteiger charge is -2.17. The summed E-state index contributed by atoms with van der Waals surface area (Å²) < 4.78 is 2.17. The van der Waals surface area contributed by atoms with E-state index in [0.29, 0.717) is 23.5 Å². The lowest BCUT2D eigenvalue weighted by Crippen LogP contribution is -2.41. The number of carbonyl (C=O) groups excluding carboxylic acids is 1. The summed E-state index contributed by atoms with van der Waals surface area (Å²) in [6.45, 7) is 2.01. The molecular formula is C27H26N2O3S3. The maximum atomic E-state index is 13.2. The minimum absolute atomic E-state index is 0.373. The van der Waals surface area contributed by atoms with Crippen LogP contribution in [0.1, 0.15) is 27.9 Å². The van der Waals surface area contributed by atoms with Crippen molar-refractivity contribution in [1.29, 1.82) is 0 Å². The first-order chi connectivity index (χ1) is 17.0. The number of thiazole rings is 1. The van der Waals surface area contributed by atoms with Crippen molar-refractivity contribution in [3.63, 3.8) is 0 Å². The van der Waals surface area contributed by atoms with E-state index < -0.39 is 12.0 Å². The molecule has 0 aliphatic carbocycles. The molecule has 4 rings (SSSR count). The van der Waals surface area contributed by atoms with Crippen LogP contribution in [-0.2, 0) is 10.5 Å². The number of thioether (sulfide) groups is 2. The second-order valence-corrected chi connectivity index (χ2v) is 11.3. The van der Waals surface area contributed by atoms with Crippen LogP contribution in [0.15, 0.2) is 71.1 Å². The quantitative estimate of drug-likeness (QED) is 0.232. The smallest absolute Gasteiger partial charge is 0.326 e. The van der Waals surface area contributed by atoms with Crippen LogP contribution in [0, 0.1) is 6.92 Å². The lowest BCUT2D eigenvalue weighted by atomic mass is 9.94. The van der Waals surface area contributed by atoms with Gasteiger partial charge >= 0.3 is 5.97 Å². The summed E-state index contributed by atoms with van der Waals surface area (Å²) in [4.78, 5) is 29.6. The number of aliphatic carboxylic acids is 1. The Labute approximate surface area is 217 Å². The van der Waals surface area contributed by atoms with E-state index in [4.69, 9.17) is 4.98 Å². The highest BCUT2D eigenvalue weighted by Gasteiger charge is 2.22. The van der Waals surface area contributed by atoms with Crippen LogP contribution in [-0.4, -0.2) is 40.0 Å². The normalized spacial score (nSPS) is 11.9. The molecule has 0 aliphatic heterocycles. The Morgan fingerprint density at radius 3 is 2.57 bits per heavy atom. The first kappa shape index (κ1) is 25.3. The topological polar surface area (TPSA) is 79.3 Å². The molecule has 3 aromatic carbocycles. The first-order valence-corrected chi connectivity index (χ1v) is 14.4. The zero-order valence-corrected chi connectivity index (χ0v) is 21.9. The number of carbonyl (C=O) groups is 2. The third-order valence-corrected chi connectivity index (χ3v) is 8.51. The van der Waals surface area contributed by atoms with E-state index in [9.17, 15) is 14.7 Å². The van der Waals surface area contributed by atoms with Gasteiger partial charge < -0.3 is 10.4 Å². The van der Waals surface area contributed by atoms with E-state index in [1.165, 1.54) is 0 Å². The summed E-state index contributed by atoms with van der Waals surface area (Å²) in [5.74, 6) is -0.0218. The van der Waals surface area contributed by atoms with Crippen LogP contribution < -0.4 is 5.32 Å². The molecule has 0 fully saturated rings. The largest absolute Gasteiger partial charge is 0.480 e. The Morgan fingerprint density at radius 2 is 1.83 bits per heavy atom. The summed E-state index contributed by atoms with van der Waals surface area (Å²) in [6.07, 6.45) is 2.29. The first-order valence-electron chi connectivity index (χ1n) is 11.2. The molecule has 1 unspecified atom stereocenters. The van der Waals surface area contributed by atoms with Gasteiger partial charge in [0.25, 0.3) is 5.91 Å². The zero-order valence-electron chi connectivity index (χ0n) is 19.5. The third kappa shape index (κ3) is 6.25. The van der Waals surface area contributed by atoms with E-state index in [1.807, 2.05) is 67.8 Å². The van der Waals surface area contributed by atoms with Crippen molar-refractivity contribution >= 4 is 57.0 Å². The number of carboxylic acids is 1. The molecular weight excluding hydrogens is 497 g/mol. The minimum Gasteiger partial charge on any atom is -0.480 e. The van der Waals surface area contributed by atoms with Crippen LogP contribution in [0.5, 0.6) is 0 Å². The second kappa shape index (κ2) is 11.7. The van der Waals surface area contributed by atoms with Crippen LogP contribution in [0.4, 0.5) is 0 Å². The molecule has 1 aromatic heterocycles. The predicted molar refractivity (Wildman–Crippen MR) is 148 cm³/mol. The van der Waals surface area contributed by atoms with Crippen molar-refractivity contribution in [3.05, 3.63) is 83.4 Å². The standard InChI is InChI=1S/C27H26N2O3S3/c1-17-7-3-4-8-19(17)21-15-18(16-34-27-29-22-9-5-6-10-24(22)35-27)11-12-20(21)25(30)28-23(26(31)32)13-14-33-2/h3-12,15,23H,13-14,16H2,1-2H3,(H,28,30)(H,31,32). The summed E-state index contributed by atoms with van der Waals surface area (Å²) in [5, 5.41) is 12.3. The van der Waals surface area contributed by atoms with Gasteiger partial charge in [-0.3, -0.25) is 4.79 Å². The number of aryl methyl sites for hydroxylation is 1. The molecule has 1 amide bonds. The molecule has 1 heterocycles. The molecule has 0 bridgehead atoms. The number of hydrogen-bond donors (Lipinski definition) is 2. The Hall–Kier alpha value is -2.81. The molecule has 2 N–H and O–H groups in total. The molecule has 5 nitrogen and oxygen atoms in total. The Balaban J connectivity index is 1.62. The zero-order chi connectivity index (χ0) is 24.8. The van der Waals surface area contributed by atoms with Gasteiger partial charge in [0.05, 0.1) is 10.2 Å². The summed E-state index contributed by atoms with van der Waals surface area (Å²) >= 11 is 4.90. The number of hydrogen-bond acceptors (Lipinski definition) is 6. The van der Waals surface area contributed by atoms with Crippen LogP contribution in [0.2, 0.25) is 0 Å². The van der Waals surface area contributed by atoms with Gasteiger partial charge in [0.2, 0.25) is 0 Å². The fourth-order valence-electron chi connectivity index (χ4n) is 3.76. The number of aromatic nitrogens is 1. The monoisotopic (exact) mass is 522 g/mol. The molecule has 0 saturated heterocycles. The number of fused-ring (bicyclic) bond motifs is 1. The van der Waals surface area contributed by atoms with Crippen molar-refractivity contribution in [2.45, 2.75) is 29.5 Å². The van der Waals surface area contributed by atoms with Gasteiger partial charge in [-0.05, 0) is 71.9 Å². The third-order valence-electron chi connectivity index (χ3n) is 5.61. The van der Waals surface area contributed by atoms with Gasteiger partial charge in [-0.25, -0.2) is 9.78 Å². The highest BCUT2D eigenvalue weighted by atomic mass is 32.2. The van der Waals surface area contributed by atoms with Crippen LogP contribution in [0.3, 0.4) is 0 Å². The second-order valence-electron chi connectivity index (χ2n) is 8.08. The molecule has 4 aromatic rings. The molecule has 0 radical (unpaired) electrons. The van der Waals surface area contributed by atoms with Crippen LogP contribution >= 0.6 is 34.9 Å². The Morgan fingerprint density at radius 1 is 1.06 bits per heavy atom. The SMILES string of the molecule is CSCCC(NC(=O)c1ccc(CSc2nc3ccccc3s2)cc1-c1ccccc1C)C(=O)O. The predicted octanol–water partition coefficient (Wildman–Crippen LogP) is 6.50. The van der Waals surface area contributed by atoms with Gasteiger partial charge in [-0.15, -0.1) is 11.3 Å². The van der Waals surface area contributed by atoms with Gasteiger partial charge in [-0.1, -0.05) is 54.2 Å². The number of nitrogens with zero attached hydrogens (tertiary/aromatic N) is 1. The number of para-hydroxylation sites is 1. The average Bonchev–Trinajstić information content (AvgIpc) is 3.28. The van der Waals surface area contributed by atoms with Crippen molar-refractivity contribution < 1.29 is 14.7 Å². The Bertz CT molecular complexity index is 1320. The molecule has 8 heteroatoms. The summed E-state index contributed by atoms with van der Waals surface area (Å²) in [7, 11) is 0. The number of benzene rings is 3. The van der Waals surface area contributed by atoms with Crippen molar-refractivity contribution in [2.24, 2.45) is 0 Å². The number of carboxylic acid groups (broad SMARTS) is 1. The number of amides is 1. The molecule has 180 valence electrons. The Kier molecular flexibility index (Phi) is 8.49. The van der Waals surface area contributed by atoms with Gasteiger partial charge in [0.15, 0.2) is 4.34 Å². The number of nitrogens with one attached hydrogen (secondary N) is 1. The number of rotatable bonds is 10. The lowest BCUT2D eigenvalue weighted by molar-refractivity contribution is -0.139. The fourth-order valence-corrected chi connectivity index (χ4v) is 6.25. The van der Waals surface area contributed by atoms with E-state index in [0.717, 1.165) is 36.8 Å². The van der Waals surface area contributed by atoms with Gasteiger partial charge in [0, 0.05) is 11.3 Å². The highest BCUT2D eigenvalue weighted by Crippen LogP contribution is 2.34. The molecule has 0 spiro atoms. The molecule has 0 aliphatic rings. The summed E-state index contributed by atoms with van der Waals surface area (Å²) in [5.41, 5.74) is 5.36. The fraction of sp³-hybridized carbons (Fsp3) is 0.222. The highest BCUT2D eigenvalue weighted by molar-refractivity contribution is 8.00. The van der Waals surface area contributed by atoms with Gasteiger partial charge in [0.1, 0.15) is 6.04 Å². The molecule has 35 heavy (non-hydrogen) atoms. The molecule has 0 saturated carbocycles.